The summed E-state index contributed by atoms with van der Waals surface area (Å²) in [5, 5.41) is 18.3. The molecule has 0 radical (unpaired) electrons. The van der Waals surface area contributed by atoms with Gasteiger partial charge < -0.3 is 10.1 Å². The predicted octanol–water partition coefficient (Wildman–Crippen LogP) is 3.41. The zero-order valence-electron chi connectivity index (χ0n) is 14.9. The van der Waals surface area contributed by atoms with Gasteiger partial charge in [-0.25, -0.2) is 4.68 Å². The number of anilines is 1. The number of nitrogens with zero attached hydrogens (tertiary/aromatic N) is 3. The van der Waals surface area contributed by atoms with Crippen LogP contribution in [0, 0.1) is 17.0 Å². The number of methoxy groups -OCH3 is 1. The third kappa shape index (κ3) is 4.12. The minimum Gasteiger partial charge on any atom is -0.490 e. The highest BCUT2D eigenvalue weighted by atomic mass is 16.6. The molecule has 1 amide bonds. The summed E-state index contributed by atoms with van der Waals surface area (Å²) in [6, 6.07) is 15.5. The Bertz CT molecular complexity index is 983. The maximum atomic E-state index is 12.6. The van der Waals surface area contributed by atoms with E-state index in [0.717, 1.165) is 11.3 Å². The Morgan fingerprint density at radius 3 is 2.63 bits per heavy atom. The van der Waals surface area contributed by atoms with Gasteiger partial charge in [0.1, 0.15) is 5.82 Å². The maximum absolute atomic E-state index is 12.6. The van der Waals surface area contributed by atoms with E-state index >= 15 is 0 Å². The van der Waals surface area contributed by atoms with Crippen molar-refractivity contribution in [3.05, 3.63) is 81.5 Å². The summed E-state index contributed by atoms with van der Waals surface area (Å²) in [5.41, 5.74) is 1.69. The molecule has 0 aliphatic heterocycles. The smallest absolute Gasteiger partial charge is 0.311 e. The van der Waals surface area contributed by atoms with Gasteiger partial charge in [-0.1, -0.05) is 30.3 Å². The van der Waals surface area contributed by atoms with Gasteiger partial charge in [0.15, 0.2) is 5.75 Å². The van der Waals surface area contributed by atoms with E-state index in [2.05, 4.69) is 10.4 Å². The molecule has 0 atom stereocenters. The lowest BCUT2D eigenvalue weighted by molar-refractivity contribution is -0.385. The van der Waals surface area contributed by atoms with E-state index < -0.39 is 10.8 Å². The first-order valence-electron chi connectivity index (χ1n) is 8.20. The number of benzene rings is 2. The largest absolute Gasteiger partial charge is 0.490 e. The van der Waals surface area contributed by atoms with E-state index in [1.165, 1.54) is 25.3 Å². The van der Waals surface area contributed by atoms with Crippen LogP contribution in [-0.4, -0.2) is 27.7 Å². The number of carbonyl (C=O) groups excluding carboxylic acids is 1. The van der Waals surface area contributed by atoms with E-state index in [0.29, 0.717) is 12.4 Å². The molecule has 1 heterocycles. The zero-order valence-corrected chi connectivity index (χ0v) is 14.9. The van der Waals surface area contributed by atoms with E-state index in [9.17, 15) is 14.9 Å². The highest BCUT2D eigenvalue weighted by Gasteiger charge is 2.19. The second-order valence-corrected chi connectivity index (χ2v) is 5.91. The molecule has 8 nitrogen and oxygen atoms in total. The molecule has 0 fully saturated rings. The van der Waals surface area contributed by atoms with Gasteiger partial charge in [-0.15, -0.1) is 0 Å². The quantitative estimate of drug-likeness (QED) is 0.532. The van der Waals surface area contributed by atoms with Crippen LogP contribution in [0.2, 0.25) is 0 Å². The average molecular weight is 366 g/mol. The summed E-state index contributed by atoms with van der Waals surface area (Å²) in [7, 11) is 1.34. The number of nitro groups is 1. The number of nitro benzene ring substituents is 1. The van der Waals surface area contributed by atoms with Crippen molar-refractivity contribution >= 4 is 17.4 Å². The molecule has 0 aliphatic carbocycles. The van der Waals surface area contributed by atoms with Crippen molar-refractivity contribution in [2.75, 3.05) is 12.4 Å². The first-order valence-corrected chi connectivity index (χ1v) is 8.20. The van der Waals surface area contributed by atoms with E-state index in [1.807, 2.05) is 37.3 Å². The van der Waals surface area contributed by atoms with Gasteiger partial charge in [0.2, 0.25) is 0 Å². The summed E-state index contributed by atoms with van der Waals surface area (Å²) in [6.07, 6.45) is 0. The van der Waals surface area contributed by atoms with Crippen molar-refractivity contribution < 1.29 is 14.5 Å². The average Bonchev–Trinajstić information content (AvgIpc) is 3.00. The van der Waals surface area contributed by atoms with Crippen LogP contribution >= 0.6 is 0 Å². The molecule has 2 aromatic carbocycles. The second-order valence-electron chi connectivity index (χ2n) is 5.91. The number of nitrogens with one attached hydrogen (secondary N) is 1. The Kier molecular flexibility index (Phi) is 5.16. The van der Waals surface area contributed by atoms with Crippen molar-refractivity contribution in [2.24, 2.45) is 0 Å². The SMILES string of the molecule is COc1ccc(C(=O)Nc2cc(C)nn2Cc2ccccc2)cc1[N+](=O)[O-]. The molecule has 1 N–H and O–H groups in total. The molecule has 0 aliphatic rings. The van der Waals surface area contributed by atoms with Crippen LogP contribution in [0.4, 0.5) is 11.5 Å². The Hall–Kier alpha value is -3.68. The minimum atomic E-state index is -0.584. The van der Waals surface area contributed by atoms with Crippen LogP contribution in [-0.2, 0) is 6.54 Å². The lowest BCUT2D eigenvalue weighted by atomic mass is 10.1. The fourth-order valence-corrected chi connectivity index (χ4v) is 2.69. The summed E-state index contributed by atoms with van der Waals surface area (Å²) in [5.74, 6) is 0.149. The first-order chi connectivity index (χ1) is 13.0. The van der Waals surface area contributed by atoms with Crippen LogP contribution in [0.5, 0.6) is 5.75 Å². The van der Waals surface area contributed by atoms with Gasteiger partial charge in [0.05, 0.1) is 24.3 Å². The van der Waals surface area contributed by atoms with Gasteiger partial charge >= 0.3 is 5.69 Å². The van der Waals surface area contributed by atoms with Gasteiger partial charge in [-0.05, 0) is 24.6 Å². The van der Waals surface area contributed by atoms with E-state index in [1.54, 1.807) is 10.7 Å². The summed E-state index contributed by atoms with van der Waals surface area (Å²) < 4.78 is 6.64. The fraction of sp³-hybridized carbons (Fsp3) is 0.158. The Balaban J connectivity index is 1.84. The number of aromatic nitrogens is 2. The molecule has 27 heavy (non-hydrogen) atoms. The molecular weight excluding hydrogens is 348 g/mol. The van der Waals surface area contributed by atoms with Gasteiger partial charge in [-0.2, -0.15) is 5.10 Å². The highest BCUT2D eigenvalue weighted by Crippen LogP contribution is 2.28. The second kappa shape index (κ2) is 7.69. The van der Waals surface area contributed by atoms with Gasteiger partial charge in [-0.3, -0.25) is 14.9 Å². The number of hydrogen-bond acceptors (Lipinski definition) is 5. The standard InChI is InChI=1S/C19H18N4O4/c1-13-10-18(22(21-13)12-14-6-4-3-5-7-14)20-19(24)15-8-9-17(27-2)16(11-15)23(25)26/h3-11H,12H2,1-2H3,(H,20,24). The Labute approximate surface area is 155 Å². The van der Waals surface area contributed by atoms with E-state index in [-0.39, 0.29) is 17.0 Å². The molecule has 3 rings (SSSR count). The third-order valence-corrected chi connectivity index (χ3v) is 3.96. The van der Waals surface area contributed by atoms with Crippen molar-refractivity contribution in [2.45, 2.75) is 13.5 Å². The summed E-state index contributed by atoms with van der Waals surface area (Å²) in [6.45, 7) is 2.32. The molecule has 0 unspecified atom stereocenters. The summed E-state index contributed by atoms with van der Waals surface area (Å²) >= 11 is 0. The molecule has 0 bridgehead atoms. The molecular formula is C19H18N4O4. The molecule has 0 saturated heterocycles. The Morgan fingerprint density at radius 1 is 1.22 bits per heavy atom. The van der Waals surface area contributed by atoms with Crippen molar-refractivity contribution in [3.63, 3.8) is 0 Å². The number of hydrogen-bond donors (Lipinski definition) is 1. The number of rotatable bonds is 6. The van der Waals surface area contributed by atoms with Crippen LogP contribution in [0.25, 0.3) is 0 Å². The van der Waals surface area contributed by atoms with Crippen molar-refractivity contribution in [3.8, 4) is 5.75 Å². The maximum Gasteiger partial charge on any atom is 0.311 e. The minimum absolute atomic E-state index is 0.0986. The monoisotopic (exact) mass is 366 g/mol. The lowest BCUT2D eigenvalue weighted by Gasteiger charge is -2.10. The molecule has 3 aromatic rings. The van der Waals surface area contributed by atoms with Crippen LogP contribution in [0.3, 0.4) is 0 Å². The molecule has 0 spiro atoms. The molecule has 138 valence electrons. The van der Waals surface area contributed by atoms with Crippen molar-refractivity contribution in [1.29, 1.82) is 0 Å². The highest BCUT2D eigenvalue weighted by molar-refractivity contribution is 6.04. The molecule has 0 saturated carbocycles. The molecule has 8 heteroatoms. The lowest BCUT2D eigenvalue weighted by Crippen LogP contribution is -2.16. The first kappa shape index (κ1) is 18.1. The topological polar surface area (TPSA) is 99.3 Å². The van der Waals surface area contributed by atoms with Crippen LogP contribution in [0.15, 0.2) is 54.6 Å². The van der Waals surface area contributed by atoms with Gasteiger partial charge in [0, 0.05) is 17.7 Å². The van der Waals surface area contributed by atoms with Crippen molar-refractivity contribution in [1.82, 2.24) is 9.78 Å². The number of amides is 1. The normalized spacial score (nSPS) is 10.4. The third-order valence-electron chi connectivity index (χ3n) is 3.96. The number of ether oxygens (including phenoxy) is 1. The molecule has 1 aromatic heterocycles. The number of aryl methyl sites for hydroxylation is 1. The fourth-order valence-electron chi connectivity index (χ4n) is 2.69. The Morgan fingerprint density at radius 2 is 1.96 bits per heavy atom. The summed E-state index contributed by atoms with van der Waals surface area (Å²) in [4.78, 5) is 23.2. The van der Waals surface area contributed by atoms with Gasteiger partial charge in [0.25, 0.3) is 5.91 Å². The van der Waals surface area contributed by atoms with Crippen LogP contribution < -0.4 is 10.1 Å². The van der Waals surface area contributed by atoms with Crippen LogP contribution in [0.1, 0.15) is 21.6 Å². The zero-order chi connectivity index (χ0) is 19.4. The van der Waals surface area contributed by atoms with E-state index in [4.69, 9.17) is 4.74 Å². The number of carbonyl (C=O) groups is 1. The predicted molar refractivity (Wildman–Crippen MR) is 100 cm³/mol.